The quantitative estimate of drug-likeness (QED) is 0.575. The Balaban J connectivity index is 2.23. The molecule has 9 heteroatoms. The zero-order valence-corrected chi connectivity index (χ0v) is 16.1. The Bertz CT molecular complexity index is 919. The molecule has 0 amide bonds. The molecule has 1 aromatic carbocycles. The number of methoxy groups -OCH3 is 1. The first-order chi connectivity index (χ1) is 12.8. The van der Waals surface area contributed by atoms with Gasteiger partial charge in [-0.05, 0) is 58.2 Å². The Kier molecular flexibility index (Phi) is 5.34. The van der Waals surface area contributed by atoms with Crippen molar-refractivity contribution in [1.82, 2.24) is 19.7 Å². The third kappa shape index (κ3) is 3.49. The molecule has 0 N–H and O–H groups in total. The van der Waals surface area contributed by atoms with Crippen LogP contribution in [0.5, 0.6) is 0 Å². The van der Waals surface area contributed by atoms with Gasteiger partial charge in [0.2, 0.25) is 0 Å². The zero-order chi connectivity index (χ0) is 19.7. The van der Waals surface area contributed by atoms with Crippen molar-refractivity contribution in [3.63, 3.8) is 0 Å². The van der Waals surface area contributed by atoms with Gasteiger partial charge in [0.05, 0.1) is 6.54 Å². The molecular weight excluding hydrogens is 425 g/mol. The number of aromatic nitrogens is 4. The summed E-state index contributed by atoms with van der Waals surface area (Å²) in [6, 6.07) is 6.32. The van der Waals surface area contributed by atoms with Crippen LogP contribution < -0.4 is 0 Å². The summed E-state index contributed by atoms with van der Waals surface area (Å²) < 4.78 is 52.5. The second-order valence-corrected chi connectivity index (χ2v) is 6.94. The fourth-order valence-electron chi connectivity index (χ4n) is 3.05. The van der Waals surface area contributed by atoms with E-state index >= 15 is 8.78 Å². The monoisotopic (exact) mass is 440 g/mol. The molecule has 2 aromatic heterocycles. The molecular formula is C18H16BrF3N4O. The van der Waals surface area contributed by atoms with E-state index in [1.807, 2.05) is 0 Å². The van der Waals surface area contributed by atoms with Gasteiger partial charge in [-0.15, -0.1) is 0 Å². The van der Waals surface area contributed by atoms with Gasteiger partial charge in [0, 0.05) is 17.8 Å². The predicted molar refractivity (Wildman–Crippen MR) is 95.7 cm³/mol. The Hall–Kier alpha value is -2.26. The molecule has 3 aromatic rings. The molecule has 2 heterocycles. The maximum Gasteiger partial charge on any atom is 0.323 e. The smallest absolute Gasteiger partial charge is 0.323 e. The van der Waals surface area contributed by atoms with Crippen LogP contribution >= 0.6 is 15.9 Å². The van der Waals surface area contributed by atoms with Crippen molar-refractivity contribution in [2.45, 2.75) is 25.0 Å². The van der Waals surface area contributed by atoms with Gasteiger partial charge in [0.1, 0.15) is 24.2 Å². The zero-order valence-electron chi connectivity index (χ0n) is 14.5. The third-order valence-corrected chi connectivity index (χ3v) is 4.85. The first-order valence-corrected chi connectivity index (χ1v) is 8.73. The van der Waals surface area contributed by atoms with Gasteiger partial charge in [0.15, 0.2) is 5.60 Å². The second kappa shape index (κ2) is 7.40. The topological polar surface area (TPSA) is 52.8 Å². The first kappa shape index (κ1) is 19.5. The average molecular weight is 441 g/mol. The van der Waals surface area contributed by atoms with Crippen LogP contribution in [0.4, 0.5) is 13.2 Å². The number of ether oxygens (including phenoxy) is 1. The number of rotatable bonds is 6. The minimum absolute atomic E-state index is 0.136. The molecule has 0 saturated heterocycles. The molecule has 5 nitrogen and oxygen atoms in total. The van der Waals surface area contributed by atoms with Crippen LogP contribution in [-0.2, 0) is 22.8 Å². The van der Waals surface area contributed by atoms with Crippen LogP contribution in [0, 0.1) is 12.7 Å². The van der Waals surface area contributed by atoms with Crippen molar-refractivity contribution >= 4 is 15.9 Å². The van der Waals surface area contributed by atoms with Gasteiger partial charge in [-0.3, -0.25) is 4.98 Å². The normalized spacial score (nSPS) is 14.1. The molecule has 0 aliphatic heterocycles. The number of benzene rings is 1. The third-order valence-electron chi connectivity index (χ3n) is 4.38. The summed E-state index contributed by atoms with van der Waals surface area (Å²) in [5, 5.41) is 3.93. The molecule has 0 fully saturated rings. The van der Waals surface area contributed by atoms with Gasteiger partial charge in [-0.2, -0.15) is 13.9 Å². The van der Waals surface area contributed by atoms with E-state index in [1.54, 1.807) is 6.92 Å². The number of hydrogen-bond donors (Lipinski definition) is 0. The van der Waals surface area contributed by atoms with Crippen molar-refractivity contribution in [3.8, 4) is 0 Å². The van der Waals surface area contributed by atoms with E-state index in [2.05, 4.69) is 31.0 Å². The van der Waals surface area contributed by atoms with Crippen molar-refractivity contribution in [2.24, 2.45) is 0 Å². The lowest BCUT2D eigenvalue weighted by molar-refractivity contribution is -0.222. The molecule has 0 spiro atoms. The van der Waals surface area contributed by atoms with Gasteiger partial charge in [0.25, 0.3) is 0 Å². The van der Waals surface area contributed by atoms with E-state index in [4.69, 9.17) is 4.74 Å². The molecule has 3 rings (SSSR count). The summed E-state index contributed by atoms with van der Waals surface area (Å²) in [5.74, 6) is -4.08. The van der Waals surface area contributed by atoms with Crippen LogP contribution in [-0.4, -0.2) is 26.9 Å². The molecule has 0 bridgehead atoms. The average Bonchev–Trinajstić information content (AvgIpc) is 3.13. The highest BCUT2D eigenvalue weighted by atomic mass is 79.9. The lowest BCUT2D eigenvalue weighted by atomic mass is 9.82. The summed E-state index contributed by atoms with van der Waals surface area (Å²) in [5.41, 5.74) is -2.19. The minimum atomic E-state index is -3.56. The summed E-state index contributed by atoms with van der Waals surface area (Å²) in [7, 11) is 1.19. The highest BCUT2D eigenvalue weighted by molar-refractivity contribution is 9.10. The second-order valence-electron chi connectivity index (χ2n) is 6.02. The van der Waals surface area contributed by atoms with Gasteiger partial charge in [-0.25, -0.2) is 14.1 Å². The van der Waals surface area contributed by atoms with Crippen LogP contribution in [0.2, 0.25) is 0 Å². The van der Waals surface area contributed by atoms with Crippen LogP contribution in [0.25, 0.3) is 0 Å². The van der Waals surface area contributed by atoms with Crippen molar-refractivity contribution in [2.75, 3.05) is 7.11 Å². The van der Waals surface area contributed by atoms with Crippen LogP contribution in [0.15, 0.2) is 53.7 Å². The number of nitrogens with zero attached hydrogens (tertiary/aromatic N) is 4. The molecule has 1 unspecified atom stereocenters. The van der Waals surface area contributed by atoms with E-state index in [-0.39, 0.29) is 12.1 Å². The fourth-order valence-corrected chi connectivity index (χ4v) is 3.28. The standard InChI is InChI=1S/C18H16BrF3N4O/c1-12-7-14(20)4-5-15(12)17(27-2,9-26-11-23-10-25-26)18(21,22)16-6-3-13(19)8-24-16/h3-8,10-11H,9H2,1-2H3. The van der Waals surface area contributed by atoms with Crippen molar-refractivity contribution in [3.05, 3.63) is 76.3 Å². The van der Waals surface area contributed by atoms with E-state index in [0.29, 0.717) is 10.0 Å². The summed E-state index contributed by atoms with van der Waals surface area (Å²) in [6.45, 7) is 1.21. The maximum atomic E-state index is 15.8. The SMILES string of the molecule is COC(Cn1cncn1)(c1ccc(F)cc1C)C(F)(F)c1ccc(Br)cn1. The number of aryl methyl sites for hydroxylation is 1. The maximum absolute atomic E-state index is 15.8. The number of halogens is 4. The Morgan fingerprint density at radius 1 is 1.22 bits per heavy atom. The fraction of sp³-hybridized carbons (Fsp3) is 0.278. The van der Waals surface area contributed by atoms with Gasteiger partial charge < -0.3 is 4.74 Å². The number of hydrogen-bond acceptors (Lipinski definition) is 4. The van der Waals surface area contributed by atoms with Crippen LogP contribution in [0.1, 0.15) is 16.8 Å². The highest BCUT2D eigenvalue weighted by Gasteiger charge is 2.58. The Morgan fingerprint density at radius 2 is 2.00 bits per heavy atom. The van der Waals surface area contributed by atoms with Crippen molar-refractivity contribution < 1.29 is 17.9 Å². The highest BCUT2D eigenvalue weighted by Crippen LogP contribution is 2.49. The largest absolute Gasteiger partial charge is 0.365 e. The van der Waals surface area contributed by atoms with E-state index in [0.717, 1.165) is 6.07 Å². The molecule has 27 heavy (non-hydrogen) atoms. The van der Waals surface area contributed by atoms with Gasteiger partial charge in [-0.1, -0.05) is 6.07 Å². The molecule has 0 saturated carbocycles. The molecule has 0 radical (unpaired) electrons. The number of alkyl halides is 2. The summed E-state index contributed by atoms with van der Waals surface area (Å²) >= 11 is 3.19. The van der Waals surface area contributed by atoms with Gasteiger partial charge >= 0.3 is 5.92 Å². The van der Waals surface area contributed by atoms with E-state index in [1.165, 1.54) is 54.9 Å². The molecule has 142 valence electrons. The molecule has 0 aliphatic rings. The summed E-state index contributed by atoms with van der Waals surface area (Å²) in [4.78, 5) is 7.68. The van der Waals surface area contributed by atoms with E-state index in [9.17, 15) is 4.39 Å². The van der Waals surface area contributed by atoms with Crippen LogP contribution in [0.3, 0.4) is 0 Å². The first-order valence-electron chi connectivity index (χ1n) is 7.94. The van der Waals surface area contributed by atoms with E-state index < -0.39 is 23.0 Å². The Morgan fingerprint density at radius 3 is 2.56 bits per heavy atom. The molecule has 1 atom stereocenters. The molecule has 0 aliphatic carbocycles. The predicted octanol–water partition coefficient (Wildman–Crippen LogP) is 4.22. The lowest BCUT2D eigenvalue weighted by Crippen LogP contribution is -2.49. The number of pyridine rings is 1. The minimum Gasteiger partial charge on any atom is -0.365 e. The van der Waals surface area contributed by atoms with Crippen molar-refractivity contribution in [1.29, 1.82) is 0 Å². The Labute approximate surface area is 162 Å². The lowest BCUT2D eigenvalue weighted by Gasteiger charge is -2.40. The summed E-state index contributed by atoms with van der Waals surface area (Å²) in [6.07, 6.45) is 3.85.